The first kappa shape index (κ1) is 31.6. The molecule has 1 heterocycles. The monoisotopic (exact) mass is 628 g/mol. The fourth-order valence-electron chi connectivity index (χ4n) is 8.40. The summed E-state index contributed by atoms with van der Waals surface area (Å²) in [4.78, 5) is 55.2. The Hall–Kier alpha value is -4.34. The van der Waals surface area contributed by atoms with Crippen LogP contribution < -0.4 is 16.0 Å². The number of aromatic amines is 1. The molecule has 0 spiro atoms. The Bertz CT molecular complexity index is 1520. The highest BCUT2D eigenvalue weighted by Crippen LogP contribution is 2.60. The first-order valence-corrected chi connectivity index (χ1v) is 16.6. The van der Waals surface area contributed by atoms with E-state index in [1.807, 2.05) is 60.8 Å². The normalized spacial score (nSPS) is 24.2. The quantitative estimate of drug-likeness (QED) is 0.157. The molecule has 0 unspecified atom stereocenters. The van der Waals surface area contributed by atoms with Crippen molar-refractivity contribution in [2.75, 3.05) is 6.54 Å². The number of benzene rings is 2. The number of aliphatic carboxylic acids is 1. The van der Waals surface area contributed by atoms with Gasteiger partial charge in [0.1, 0.15) is 18.7 Å². The SMILES string of the molecule is O=C(NCCCC[C@H](NC(=O)[C@H](Cc1c[nH]c2ccccc12)NC(=O)C12CC3CC(CC(C3)C1)C2)C(=O)O)OCc1ccccc1. The molecule has 2 atom stereocenters. The van der Waals surface area contributed by atoms with Crippen LogP contribution in [0.15, 0.2) is 60.8 Å². The Kier molecular flexibility index (Phi) is 9.61. The Morgan fingerprint density at radius 3 is 2.24 bits per heavy atom. The van der Waals surface area contributed by atoms with Gasteiger partial charge in [0.05, 0.1) is 0 Å². The molecule has 0 saturated heterocycles. The summed E-state index contributed by atoms with van der Waals surface area (Å²) in [6.45, 7) is 0.483. The van der Waals surface area contributed by atoms with Gasteiger partial charge in [-0.3, -0.25) is 9.59 Å². The van der Waals surface area contributed by atoms with Crippen LogP contribution in [0.4, 0.5) is 4.79 Å². The fourth-order valence-corrected chi connectivity index (χ4v) is 8.40. The Labute approximate surface area is 269 Å². The number of carboxylic acid groups (broad SMARTS) is 1. The van der Waals surface area contributed by atoms with Crippen LogP contribution in [-0.4, -0.2) is 52.6 Å². The molecule has 46 heavy (non-hydrogen) atoms. The second-order valence-corrected chi connectivity index (χ2v) is 13.7. The van der Waals surface area contributed by atoms with Crippen molar-refractivity contribution in [2.24, 2.45) is 23.2 Å². The highest BCUT2D eigenvalue weighted by Gasteiger charge is 2.55. The average molecular weight is 629 g/mol. The second-order valence-electron chi connectivity index (χ2n) is 13.7. The number of carbonyl (C=O) groups excluding carboxylic acids is 3. The maximum Gasteiger partial charge on any atom is 0.407 e. The van der Waals surface area contributed by atoms with E-state index < -0.39 is 35.5 Å². The summed E-state index contributed by atoms with van der Waals surface area (Å²) in [7, 11) is 0. The lowest BCUT2D eigenvalue weighted by Gasteiger charge is -2.55. The van der Waals surface area contributed by atoms with E-state index in [0.717, 1.165) is 41.3 Å². The van der Waals surface area contributed by atoms with Crippen LogP contribution in [0.25, 0.3) is 10.9 Å². The first-order valence-electron chi connectivity index (χ1n) is 16.6. The molecule has 3 aromatic rings. The lowest BCUT2D eigenvalue weighted by atomic mass is 9.49. The van der Waals surface area contributed by atoms with Gasteiger partial charge in [-0.25, -0.2) is 9.59 Å². The van der Waals surface area contributed by atoms with Gasteiger partial charge < -0.3 is 30.8 Å². The van der Waals surface area contributed by atoms with Crippen LogP contribution in [0.3, 0.4) is 0 Å². The van der Waals surface area contributed by atoms with E-state index >= 15 is 0 Å². The molecule has 2 aromatic carbocycles. The van der Waals surface area contributed by atoms with Crippen LogP contribution >= 0.6 is 0 Å². The standard InChI is InChI=1S/C36H44N4O6/c41-32(39-30(33(42)43)12-6-7-13-37-35(45)46-22-23-8-2-1-3-9-23)31(17-27-21-38-29-11-5-4-10-28(27)29)40-34(44)36-18-24-14-25(19-36)16-26(15-24)20-36/h1-5,8-11,21,24-26,30-31,38H,6-7,12-20,22H2,(H,37,45)(H,39,41)(H,40,44)(H,42,43)/t24?,25?,26?,30-,31-,36?/m0/s1. The summed E-state index contributed by atoms with van der Waals surface area (Å²) in [5.74, 6) is 0.0300. The minimum absolute atomic E-state index is 0.0660. The molecule has 10 heteroatoms. The predicted octanol–water partition coefficient (Wildman–Crippen LogP) is 5.08. The first-order chi connectivity index (χ1) is 22.3. The van der Waals surface area contributed by atoms with E-state index in [1.165, 1.54) is 19.3 Å². The van der Waals surface area contributed by atoms with Gasteiger partial charge in [0.2, 0.25) is 11.8 Å². The Balaban J connectivity index is 1.06. The van der Waals surface area contributed by atoms with Gasteiger partial charge in [-0.15, -0.1) is 0 Å². The number of para-hydroxylation sites is 1. The van der Waals surface area contributed by atoms with E-state index in [2.05, 4.69) is 20.9 Å². The van der Waals surface area contributed by atoms with Crippen LogP contribution in [-0.2, 0) is 32.1 Å². The number of aromatic nitrogens is 1. The third-order valence-electron chi connectivity index (χ3n) is 10.3. The van der Waals surface area contributed by atoms with E-state index in [1.54, 1.807) is 0 Å². The molecular weight excluding hydrogens is 584 g/mol. The van der Waals surface area contributed by atoms with Crippen LogP contribution in [0.1, 0.15) is 68.9 Å². The topological polar surface area (TPSA) is 150 Å². The van der Waals surface area contributed by atoms with Crippen molar-refractivity contribution in [3.05, 3.63) is 71.9 Å². The van der Waals surface area contributed by atoms with Crippen LogP contribution in [0, 0.1) is 23.2 Å². The molecule has 5 N–H and O–H groups in total. The van der Waals surface area contributed by atoms with Gasteiger partial charge in [-0.2, -0.15) is 0 Å². The summed E-state index contributed by atoms with van der Waals surface area (Å²) >= 11 is 0. The van der Waals surface area contributed by atoms with Crippen molar-refractivity contribution in [1.82, 2.24) is 20.9 Å². The largest absolute Gasteiger partial charge is 0.480 e. The predicted molar refractivity (Wildman–Crippen MR) is 173 cm³/mol. The number of hydrogen-bond donors (Lipinski definition) is 5. The van der Waals surface area contributed by atoms with Gasteiger partial charge in [0.25, 0.3) is 0 Å². The maximum absolute atomic E-state index is 14.0. The number of rotatable bonds is 14. The number of fused-ring (bicyclic) bond motifs is 1. The smallest absolute Gasteiger partial charge is 0.407 e. The highest BCUT2D eigenvalue weighted by molar-refractivity contribution is 5.93. The summed E-state index contributed by atoms with van der Waals surface area (Å²) in [5.41, 5.74) is 2.27. The van der Waals surface area contributed by atoms with E-state index in [0.29, 0.717) is 37.1 Å². The number of carboxylic acids is 1. The summed E-state index contributed by atoms with van der Waals surface area (Å²) < 4.78 is 5.21. The summed E-state index contributed by atoms with van der Waals surface area (Å²) in [5, 5.41) is 19.4. The van der Waals surface area contributed by atoms with Crippen molar-refractivity contribution in [3.63, 3.8) is 0 Å². The minimum atomic E-state index is -1.14. The average Bonchev–Trinajstić information content (AvgIpc) is 3.45. The molecule has 4 fully saturated rings. The van der Waals surface area contributed by atoms with Gasteiger partial charge in [-0.1, -0.05) is 48.5 Å². The summed E-state index contributed by atoms with van der Waals surface area (Å²) in [6.07, 6.45) is 8.96. The molecular formula is C36H44N4O6. The zero-order valence-electron chi connectivity index (χ0n) is 26.1. The zero-order valence-corrected chi connectivity index (χ0v) is 26.1. The lowest BCUT2D eigenvalue weighted by Crippen LogP contribution is -2.58. The molecule has 7 rings (SSSR count). The fraction of sp³-hybridized carbons (Fsp3) is 0.500. The van der Waals surface area contributed by atoms with Crippen molar-refractivity contribution < 1.29 is 29.0 Å². The Morgan fingerprint density at radius 2 is 1.54 bits per heavy atom. The van der Waals surface area contributed by atoms with E-state index in [4.69, 9.17) is 4.74 Å². The molecule has 4 bridgehead atoms. The van der Waals surface area contributed by atoms with Gasteiger partial charge in [0, 0.05) is 35.5 Å². The molecule has 4 saturated carbocycles. The van der Waals surface area contributed by atoms with Gasteiger partial charge in [-0.05, 0) is 92.7 Å². The molecule has 3 amide bonds. The number of amides is 3. The lowest BCUT2D eigenvalue weighted by molar-refractivity contribution is -0.149. The van der Waals surface area contributed by atoms with E-state index in [-0.39, 0.29) is 25.4 Å². The molecule has 1 aromatic heterocycles. The molecule has 244 valence electrons. The third-order valence-corrected chi connectivity index (χ3v) is 10.3. The second kappa shape index (κ2) is 14.0. The minimum Gasteiger partial charge on any atom is -0.480 e. The molecule has 4 aliphatic rings. The number of ether oxygens (including phenoxy) is 1. The van der Waals surface area contributed by atoms with Crippen molar-refractivity contribution in [2.45, 2.75) is 82.9 Å². The van der Waals surface area contributed by atoms with Crippen LogP contribution in [0.2, 0.25) is 0 Å². The molecule has 0 radical (unpaired) electrons. The Morgan fingerprint density at radius 1 is 0.870 bits per heavy atom. The van der Waals surface area contributed by atoms with Gasteiger partial charge in [0.15, 0.2) is 0 Å². The number of carbonyl (C=O) groups is 4. The molecule has 4 aliphatic carbocycles. The highest BCUT2D eigenvalue weighted by atomic mass is 16.5. The van der Waals surface area contributed by atoms with Crippen molar-refractivity contribution in [3.8, 4) is 0 Å². The number of hydrogen-bond acceptors (Lipinski definition) is 5. The maximum atomic E-state index is 14.0. The molecule has 10 nitrogen and oxygen atoms in total. The van der Waals surface area contributed by atoms with Crippen molar-refractivity contribution >= 4 is 34.8 Å². The number of H-pyrrole nitrogens is 1. The van der Waals surface area contributed by atoms with Gasteiger partial charge >= 0.3 is 12.1 Å². The third kappa shape index (κ3) is 7.37. The number of nitrogens with one attached hydrogen (secondary N) is 4. The number of alkyl carbamates (subject to hydrolysis) is 1. The zero-order chi connectivity index (χ0) is 32.1. The van der Waals surface area contributed by atoms with E-state index in [9.17, 15) is 24.3 Å². The van der Waals surface area contributed by atoms with Crippen LogP contribution in [0.5, 0.6) is 0 Å². The number of unbranched alkanes of at least 4 members (excludes halogenated alkanes) is 1. The molecule has 0 aliphatic heterocycles. The van der Waals surface area contributed by atoms with Crippen molar-refractivity contribution in [1.29, 1.82) is 0 Å². The summed E-state index contributed by atoms with van der Waals surface area (Å²) in [6, 6.07) is 15.1.